The maximum Gasteiger partial charge on any atom is 0.151 e. The topological polar surface area (TPSA) is 57.5 Å². The lowest BCUT2D eigenvalue weighted by Crippen LogP contribution is -2.19. The van der Waals surface area contributed by atoms with Crippen LogP contribution in [-0.2, 0) is 0 Å². The monoisotopic (exact) mass is 232 g/mol. The molecule has 1 rings (SSSR count). The quantitative estimate of drug-likeness (QED) is 0.529. The predicted molar refractivity (Wildman–Crippen MR) is 59.1 cm³/mol. The van der Waals surface area contributed by atoms with E-state index in [0.29, 0.717) is 29.6 Å². The highest BCUT2D eigenvalue weighted by atomic mass is 32.1. The Morgan fingerprint density at radius 1 is 1.50 bits per heavy atom. The molecule has 0 aliphatic rings. The molecule has 0 aliphatic heterocycles. The first-order valence-corrected chi connectivity index (χ1v) is 5.76. The Morgan fingerprint density at radius 3 is 2.79 bits per heavy atom. The molecule has 3 nitrogen and oxygen atoms in total. The highest BCUT2D eigenvalue weighted by Gasteiger charge is 2.20. The average molecular weight is 232 g/mol. The first kappa shape index (κ1) is 11.7. The SMILES string of the molecule is O=Cc1cscc1C(O)C(O)CCS. The molecule has 0 spiro atoms. The van der Waals surface area contributed by atoms with Gasteiger partial charge in [0.2, 0.25) is 0 Å². The summed E-state index contributed by atoms with van der Waals surface area (Å²) in [5.41, 5.74) is 0.944. The summed E-state index contributed by atoms with van der Waals surface area (Å²) in [7, 11) is 0. The van der Waals surface area contributed by atoms with E-state index in [0.717, 1.165) is 0 Å². The van der Waals surface area contributed by atoms with E-state index >= 15 is 0 Å². The van der Waals surface area contributed by atoms with Crippen LogP contribution in [0.4, 0.5) is 0 Å². The number of carbonyl (C=O) groups is 1. The van der Waals surface area contributed by atoms with Gasteiger partial charge in [-0.15, -0.1) is 0 Å². The summed E-state index contributed by atoms with van der Waals surface area (Å²) in [5.74, 6) is 0.499. The van der Waals surface area contributed by atoms with Crippen LogP contribution < -0.4 is 0 Å². The second-order valence-electron chi connectivity index (χ2n) is 2.92. The molecule has 0 amide bonds. The molecule has 0 aromatic carbocycles. The van der Waals surface area contributed by atoms with Crippen LogP contribution in [0.25, 0.3) is 0 Å². The molecule has 1 aromatic rings. The van der Waals surface area contributed by atoms with Gasteiger partial charge >= 0.3 is 0 Å². The Hall–Kier alpha value is -0.360. The molecule has 2 atom stereocenters. The fourth-order valence-electron chi connectivity index (χ4n) is 1.15. The summed E-state index contributed by atoms with van der Waals surface area (Å²) >= 11 is 5.30. The van der Waals surface area contributed by atoms with E-state index in [1.807, 2.05) is 0 Å². The van der Waals surface area contributed by atoms with Gasteiger partial charge in [0.05, 0.1) is 6.10 Å². The molecule has 0 bridgehead atoms. The van der Waals surface area contributed by atoms with Gasteiger partial charge in [0.25, 0.3) is 0 Å². The highest BCUT2D eigenvalue weighted by Crippen LogP contribution is 2.25. The number of aliphatic hydroxyl groups excluding tert-OH is 2. The summed E-state index contributed by atoms with van der Waals surface area (Å²) in [6.45, 7) is 0. The first-order valence-electron chi connectivity index (χ1n) is 4.19. The molecule has 1 aromatic heterocycles. The summed E-state index contributed by atoms with van der Waals surface area (Å²) in [6.07, 6.45) is -0.768. The van der Waals surface area contributed by atoms with Gasteiger partial charge in [-0.1, -0.05) is 0 Å². The third-order valence-electron chi connectivity index (χ3n) is 1.96. The van der Waals surface area contributed by atoms with Crippen molar-refractivity contribution in [3.8, 4) is 0 Å². The van der Waals surface area contributed by atoms with E-state index in [1.54, 1.807) is 10.8 Å². The number of carbonyl (C=O) groups excluding carboxylic acids is 1. The van der Waals surface area contributed by atoms with Crippen LogP contribution in [0.5, 0.6) is 0 Å². The summed E-state index contributed by atoms with van der Waals surface area (Å²) in [5, 5.41) is 22.5. The van der Waals surface area contributed by atoms with Crippen LogP contribution in [-0.4, -0.2) is 28.4 Å². The lowest BCUT2D eigenvalue weighted by Gasteiger charge is -2.16. The van der Waals surface area contributed by atoms with Crippen molar-refractivity contribution in [2.75, 3.05) is 5.75 Å². The fraction of sp³-hybridized carbons (Fsp3) is 0.444. The standard InChI is InChI=1S/C9H12O3S2/c10-3-6-4-14-5-7(6)9(12)8(11)1-2-13/h3-5,8-9,11-13H,1-2H2. The number of rotatable bonds is 5. The van der Waals surface area contributed by atoms with Crippen molar-refractivity contribution < 1.29 is 15.0 Å². The smallest absolute Gasteiger partial charge is 0.151 e. The van der Waals surface area contributed by atoms with Gasteiger partial charge in [0.1, 0.15) is 6.10 Å². The van der Waals surface area contributed by atoms with Gasteiger partial charge in [-0.05, 0) is 17.6 Å². The van der Waals surface area contributed by atoms with Crippen molar-refractivity contribution >= 4 is 30.3 Å². The van der Waals surface area contributed by atoms with E-state index in [9.17, 15) is 15.0 Å². The number of aldehydes is 1. The van der Waals surface area contributed by atoms with Crippen LogP contribution in [0.1, 0.15) is 28.4 Å². The van der Waals surface area contributed by atoms with Gasteiger partial charge in [-0.3, -0.25) is 4.79 Å². The maximum absolute atomic E-state index is 10.6. The normalized spacial score (nSPS) is 15.1. The zero-order valence-corrected chi connectivity index (χ0v) is 9.17. The van der Waals surface area contributed by atoms with Crippen molar-refractivity contribution in [2.24, 2.45) is 0 Å². The average Bonchev–Trinajstić information content (AvgIpc) is 2.64. The summed E-state index contributed by atoms with van der Waals surface area (Å²) in [4.78, 5) is 10.6. The number of thiophene rings is 1. The number of hydrogen-bond acceptors (Lipinski definition) is 5. The zero-order valence-electron chi connectivity index (χ0n) is 7.46. The van der Waals surface area contributed by atoms with Crippen molar-refractivity contribution in [3.63, 3.8) is 0 Å². The Bertz CT molecular complexity index is 298. The Morgan fingerprint density at radius 2 is 2.21 bits per heavy atom. The zero-order chi connectivity index (χ0) is 10.6. The van der Waals surface area contributed by atoms with Crippen LogP contribution >= 0.6 is 24.0 Å². The third kappa shape index (κ3) is 2.57. The first-order chi connectivity index (χ1) is 6.70. The van der Waals surface area contributed by atoms with Gasteiger partial charge in [0, 0.05) is 16.5 Å². The molecule has 2 unspecified atom stereocenters. The number of hydrogen-bond donors (Lipinski definition) is 3. The van der Waals surface area contributed by atoms with E-state index in [-0.39, 0.29) is 0 Å². The van der Waals surface area contributed by atoms with Crippen molar-refractivity contribution in [1.82, 2.24) is 0 Å². The van der Waals surface area contributed by atoms with Crippen molar-refractivity contribution in [2.45, 2.75) is 18.6 Å². The molecule has 14 heavy (non-hydrogen) atoms. The largest absolute Gasteiger partial charge is 0.390 e. The summed E-state index contributed by atoms with van der Waals surface area (Å²) < 4.78 is 0. The van der Waals surface area contributed by atoms with Crippen LogP contribution in [0.3, 0.4) is 0 Å². The minimum Gasteiger partial charge on any atom is -0.390 e. The maximum atomic E-state index is 10.6. The van der Waals surface area contributed by atoms with Crippen LogP contribution in [0, 0.1) is 0 Å². The minimum atomic E-state index is -0.992. The van der Waals surface area contributed by atoms with Crippen LogP contribution in [0.2, 0.25) is 0 Å². The summed E-state index contributed by atoms with van der Waals surface area (Å²) in [6, 6.07) is 0. The molecule has 0 fully saturated rings. The second-order valence-corrected chi connectivity index (χ2v) is 4.12. The van der Waals surface area contributed by atoms with Gasteiger partial charge in [0.15, 0.2) is 6.29 Å². The van der Waals surface area contributed by atoms with E-state index in [2.05, 4.69) is 12.6 Å². The van der Waals surface area contributed by atoms with E-state index in [4.69, 9.17) is 0 Å². The molecule has 0 saturated carbocycles. The van der Waals surface area contributed by atoms with Gasteiger partial charge in [-0.25, -0.2) is 0 Å². The second kappa shape index (κ2) is 5.50. The Labute approximate surface area is 91.8 Å². The Balaban J connectivity index is 2.77. The molecule has 78 valence electrons. The molecular formula is C9H12O3S2. The van der Waals surface area contributed by atoms with E-state index < -0.39 is 12.2 Å². The lowest BCUT2D eigenvalue weighted by atomic mass is 10.0. The lowest BCUT2D eigenvalue weighted by molar-refractivity contribution is 0.0172. The molecule has 0 aliphatic carbocycles. The van der Waals surface area contributed by atoms with Gasteiger partial charge < -0.3 is 10.2 Å². The van der Waals surface area contributed by atoms with Crippen LogP contribution in [0.15, 0.2) is 10.8 Å². The number of thiol groups is 1. The highest BCUT2D eigenvalue weighted by molar-refractivity contribution is 7.80. The van der Waals surface area contributed by atoms with Gasteiger partial charge in [-0.2, -0.15) is 24.0 Å². The molecule has 0 saturated heterocycles. The fourth-order valence-corrected chi connectivity index (χ4v) is 2.24. The Kier molecular flexibility index (Phi) is 4.60. The molecule has 0 radical (unpaired) electrons. The molecule has 2 N–H and O–H groups in total. The van der Waals surface area contributed by atoms with Crippen molar-refractivity contribution in [1.29, 1.82) is 0 Å². The third-order valence-corrected chi connectivity index (χ3v) is 3.00. The predicted octanol–water partition coefficient (Wildman–Crippen LogP) is 1.27. The van der Waals surface area contributed by atoms with E-state index in [1.165, 1.54) is 11.3 Å². The molecule has 1 heterocycles. The minimum absolute atomic E-state index is 0.401. The number of aliphatic hydroxyl groups is 2. The molecular weight excluding hydrogens is 220 g/mol. The molecule has 5 heteroatoms. The van der Waals surface area contributed by atoms with Crippen molar-refractivity contribution in [3.05, 3.63) is 21.9 Å².